The number of aromatic nitrogens is 2. The minimum Gasteiger partial charge on any atom is -0.356 e. The summed E-state index contributed by atoms with van der Waals surface area (Å²) in [6.07, 6.45) is -3.36. The fourth-order valence-corrected chi connectivity index (χ4v) is 2.09. The van der Waals surface area contributed by atoms with Gasteiger partial charge in [-0.05, 0) is 18.9 Å². The Hall–Kier alpha value is -2.45. The van der Waals surface area contributed by atoms with E-state index in [-0.39, 0.29) is 29.7 Å². The third-order valence-corrected chi connectivity index (χ3v) is 3.48. The molecule has 0 bridgehead atoms. The molecule has 1 fully saturated rings. The van der Waals surface area contributed by atoms with Gasteiger partial charge in [0.25, 0.3) is 5.69 Å². The summed E-state index contributed by atoms with van der Waals surface area (Å²) in [4.78, 5) is 17.9. The van der Waals surface area contributed by atoms with Crippen LogP contribution in [0.1, 0.15) is 12.8 Å². The number of nitrogens with zero attached hydrogens (tertiary/aromatic N) is 3. The number of nitro groups is 1. The molecular weight excluding hydrogens is 289 g/mol. The van der Waals surface area contributed by atoms with Crippen LogP contribution in [0, 0.1) is 10.1 Å². The quantitative estimate of drug-likeness (QED) is 0.695. The van der Waals surface area contributed by atoms with Crippen LogP contribution in [0.3, 0.4) is 0 Å². The number of nitro benzene ring substituents is 1. The van der Waals surface area contributed by atoms with Gasteiger partial charge in [0.1, 0.15) is 17.7 Å². The molecule has 0 aliphatic heterocycles. The van der Waals surface area contributed by atoms with Crippen molar-refractivity contribution in [3.63, 3.8) is 0 Å². The van der Waals surface area contributed by atoms with Crippen molar-refractivity contribution in [1.82, 2.24) is 9.97 Å². The smallest absolute Gasteiger partial charge is 0.356 e. The first-order valence-corrected chi connectivity index (χ1v) is 6.06. The summed E-state index contributed by atoms with van der Waals surface area (Å²) in [5.74, 6) is -0.0430. The van der Waals surface area contributed by atoms with Crippen LogP contribution in [-0.2, 0) is 0 Å². The summed E-state index contributed by atoms with van der Waals surface area (Å²) >= 11 is 0. The molecule has 0 amide bonds. The fourth-order valence-electron chi connectivity index (χ4n) is 2.09. The summed E-state index contributed by atoms with van der Waals surface area (Å²) in [5.41, 5.74) is -1.87. The number of halogens is 3. The second-order valence-corrected chi connectivity index (χ2v) is 4.89. The van der Waals surface area contributed by atoms with Crippen molar-refractivity contribution in [2.24, 2.45) is 0 Å². The maximum Gasteiger partial charge on any atom is 0.411 e. The number of hydrogen-bond acceptors (Lipinski definition) is 5. The minimum absolute atomic E-state index is 0.0430. The Labute approximate surface area is 116 Å². The first kappa shape index (κ1) is 13.5. The van der Waals surface area contributed by atoms with Crippen molar-refractivity contribution in [3.05, 3.63) is 34.6 Å². The van der Waals surface area contributed by atoms with E-state index in [9.17, 15) is 23.3 Å². The van der Waals surface area contributed by atoms with Gasteiger partial charge in [-0.15, -0.1) is 0 Å². The van der Waals surface area contributed by atoms with Gasteiger partial charge in [0.15, 0.2) is 0 Å². The van der Waals surface area contributed by atoms with Crippen molar-refractivity contribution in [3.8, 4) is 0 Å². The van der Waals surface area contributed by atoms with Crippen LogP contribution < -0.4 is 5.32 Å². The lowest BCUT2D eigenvalue weighted by molar-refractivity contribution is -0.384. The predicted molar refractivity (Wildman–Crippen MR) is 67.8 cm³/mol. The number of alkyl halides is 3. The summed E-state index contributed by atoms with van der Waals surface area (Å²) in [7, 11) is 0. The van der Waals surface area contributed by atoms with Gasteiger partial charge < -0.3 is 5.32 Å². The van der Waals surface area contributed by atoms with E-state index in [2.05, 4.69) is 15.3 Å². The maximum atomic E-state index is 13.0. The molecule has 0 atom stereocenters. The molecule has 1 aromatic heterocycles. The lowest BCUT2D eigenvalue weighted by Crippen LogP contribution is -2.39. The Morgan fingerprint density at radius 2 is 2.00 bits per heavy atom. The van der Waals surface area contributed by atoms with Crippen LogP contribution in [0.4, 0.5) is 24.7 Å². The molecule has 2 aromatic rings. The molecule has 0 unspecified atom stereocenters. The number of hydrogen-bond donors (Lipinski definition) is 1. The number of anilines is 1. The Morgan fingerprint density at radius 3 is 2.57 bits per heavy atom. The van der Waals surface area contributed by atoms with Crippen molar-refractivity contribution >= 4 is 22.4 Å². The second kappa shape index (κ2) is 4.27. The fraction of sp³-hybridized carbons (Fsp3) is 0.333. The van der Waals surface area contributed by atoms with Crippen LogP contribution in [0.2, 0.25) is 0 Å². The third kappa shape index (κ3) is 2.24. The van der Waals surface area contributed by atoms with Crippen LogP contribution in [-0.4, -0.2) is 26.6 Å². The standard InChI is InChI=1S/C12H9F3N4O2/c13-12(14,15)11(3-4-11)18-10-8-5-7(19(20)21)1-2-9(8)16-6-17-10/h1-2,5-6H,3-4H2,(H,16,17,18). The zero-order valence-electron chi connectivity index (χ0n) is 10.5. The van der Waals surface area contributed by atoms with E-state index >= 15 is 0 Å². The SMILES string of the molecule is O=[N+]([O-])c1ccc2ncnc(NC3(C(F)(F)F)CC3)c2c1. The van der Waals surface area contributed by atoms with E-state index in [4.69, 9.17) is 0 Å². The molecule has 21 heavy (non-hydrogen) atoms. The Morgan fingerprint density at radius 1 is 1.29 bits per heavy atom. The molecule has 1 aliphatic carbocycles. The number of nitrogens with one attached hydrogen (secondary N) is 1. The van der Waals surface area contributed by atoms with Gasteiger partial charge in [-0.3, -0.25) is 10.1 Å². The normalized spacial score (nSPS) is 16.7. The second-order valence-electron chi connectivity index (χ2n) is 4.89. The molecule has 0 saturated heterocycles. The highest BCUT2D eigenvalue weighted by molar-refractivity contribution is 5.91. The molecule has 1 saturated carbocycles. The van der Waals surface area contributed by atoms with Crippen LogP contribution in [0.15, 0.2) is 24.5 Å². The average molecular weight is 298 g/mol. The van der Waals surface area contributed by atoms with Gasteiger partial charge >= 0.3 is 6.18 Å². The molecule has 1 N–H and O–H groups in total. The summed E-state index contributed by atoms with van der Waals surface area (Å²) in [6, 6.07) is 3.80. The number of fused-ring (bicyclic) bond motifs is 1. The van der Waals surface area contributed by atoms with E-state index in [1.807, 2.05) is 0 Å². The molecular formula is C12H9F3N4O2. The average Bonchev–Trinajstić information content (AvgIpc) is 3.19. The van der Waals surface area contributed by atoms with Gasteiger partial charge in [-0.2, -0.15) is 13.2 Å². The van der Waals surface area contributed by atoms with Crippen molar-refractivity contribution < 1.29 is 18.1 Å². The largest absolute Gasteiger partial charge is 0.411 e. The van der Waals surface area contributed by atoms with Crippen LogP contribution >= 0.6 is 0 Å². The van der Waals surface area contributed by atoms with E-state index < -0.39 is 16.6 Å². The molecule has 0 spiro atoms. The molecule has 1 heterocycles. The van der Waals surface area contributed by atoms with Crippen molar-refractivity contribution in [2.75, 3.05) is 5.32 Å². The molecule has 1 aliphatic rings. The highest BCUT2D eigenvalue weighted by Gasteiger charge is 2.63. The highest BCUT2D eigenvalue weighted by atomic mass is 19.4. The van der Waals surface area contributed by atoms with Gasteiger partial charge in [0.2, 0.25) is 0 Å². The maximum absolute atomic E-state index is 13.0. The van der Waals surface area contributed by atoms with Crippen molar-refractivity contribution in [1.29, 1.82) is 0 Å². The van der Waals surface area contributed by atoms with Gasteiger partial charge in [0.05, 0.1) is 10.4 Å². The predicted octanol–water partition coefficient (Wildman–Crippen LogP) is 3.04. The first-order valence-electron chi connectivity index (χ1n) is 6.06. The lowest BCUT2D eigenvalue weighted by atomic mass is 10.2. The summed E-state index contributed by atoms with van der Waals surface area (Å²) in [6.45, 7) is 0. The zero-order chi connectivity index (χ0) is 15.3. The van der Waals surface area contributed by atoms with E-state index in [1.54, 1.807) is 0 Å². The summed E-state index contributed by atoms with van der Waals surface area (Å²) in [5, 5.41) is 13.4. The topological polar surface area (TPSA) is 81.0 Å². The Balaban J connectivity index is 2.06. The van der Waals surface area contributed by atoms with E-state index in [1.165, 1.54) is 18.2 Å². The Kier molecular flexibility index (Phi) is 2.75. The van der Waals surface area contributed by atoms with Gasteiger partial charge in [-0.25, -0.2) is 9.97 Å². The molecule has 9 heteroatoms. The molecule has 6 nitrogen and oxygen atoms in total. The van der Waals surface area contributed by atoms with Gasteiger partial charge in [-0.1, -0.05) is 0 Å². The van der Waals surface area contributed by atoms with Crippen molar-refractivity contribution in [2.45, 2.75) is 24.6 Å². The zero-order valence-corrected chi connectivity index (χ0v) is 10.5. The van der Waals surface area contributed by atoms with E-state index in [0.717, 1.165) is 6.33 Å². The number of rotatable bonds is 3. The van der Waals surface area contributed by atoms with E-state index in [0.29, 0.717) is 5.52 Å². The van der Waals surface area contributed by atoms with Gasteiger partial charge in [0, 0.05) is 17.5 Å². The first-order chi connectivity index (χ1) is 9.82. The number of benzene rings is 1. The lowest BCUT2D eigenvalue weighted by Gasteiger charge is -2.21. The summed E-state index contributed by atoms with van der Waals surface area (Å²) < 4.78 is 38.9. The third-order valence-electron chi connectivity index (χ3n) is 3.48. The molecule has 110 valence electrons. The highest BCUT2D eigenvalue weighted by Crippen LogP contribution is 2.51. The molecule has 3 rings (SSSR count). The molecule has 1 aromatic carbocycles. The minimum atomic E-state index is -4.40. The monoisotopic (exact) mass is 298 g/mol. The van der Waals surface area contributed by atoms with Crippen LogP contribution in [0.5, 0.6) is 0 Å². The number of non-ortho nitro benzene ring substituents is 1. The van der Waals surface area contributed by atoms with Crippen LogP contribution in [0.25, 0.3) is 10.9 Å². The molecule has 0 radical (unpaired) electrons. The Bertz CT molecular complexity index is 728.